The molecule has 0 bridgehead atoms. The Morgan fingerprint density at radius 1 is 1.21 bits per heavy atom. The zero-order valence-corrected chi connectivity index (χ0v) is 17.8. The molecule has 0 atom stereocenters. The van der Waals surface area contributed by atoms with Crippen LogP contribution in [0.15, 0.2) is 61.4 Å². The van der Waals surface area contributed by atoms with Crippen LogP contribution in [0.25, 0.3) is 27.7 Å². The average Bonchev–Trinajstić information content (AvgIpc) is 3.41. The molecular formula is C24H22N8O. The van der Waals surface area contributed by atoms with Crippen LogP contribution in [0.3, 0.4) is 0 Å². The van der Waals surface area contributed by atoms with E-state index in [9.17, 15) is 4.79 Å². The minimum absolute atomic E-state index is 0.237. The first kappa shape index (κ1) is 19.4. The van der Waals surface area contributed by atoms with Crippen molar-refractivity contribution in [1.29, 1.82) is 0 Å². The number of pyridine rings is 2. The summed E-state index contributed by atoms with van der Waals surface area (Å²) >= 11 is 0. The summed E-state index contributed by atoms with van der Waals surface area (Å²) in [5.41, 5.74) is 4.52. The number of rotatable bonds is 7. The second kappa shape index (κ2) is 8.01. The summed E-state index contributed by atoms with van der Waals surface area (Å²) in [4.78, 5) is 29.2. The Bertz CT molecular complexity index is 1450. The van der Waals surface area contributed by atoms with E-state index >= 15 is 0 Å². The van der Waals surface area contributed by atoms with Gasteiger partial charge in [-0.2, -0.15) is 10.1 Å². The summed E-state index contributed by atoms with van der Waals surface area (Å²) in [5, 5.41) is 11.4. The molecule has 0 radical (unpaired) electrons. The third-order valence-electron chi connectivity index (χ3n) is 5.96. The zero-order chi connectivity index (χ0) is 22.2. The Hall–Kier alpha value is -4.27. The second-order valence-corrected chi connectivity index (χ2v) is 8.32. The predicted octanol–water partition coefficient (Wildman–Crippen LogP) is 4.13. The fraction of sp³-hybridized carbons (Fsp3) is 0.208. The monoisotopic (exact) mass is 438 g/mol. The quantitative estimate of drug-likeness (QED) is 0.352. The SMILES string of the molecule is O=C(Nc1cccnc1)c1cnn2ccc(-c3c[nH]c4nc(NCCC5CC5)ncc34)cc12. The molecule has 1 aliphatic carbocycles. The van der Waals surface area contributed by atoms with Crippen LogP contribution in [-0.4, -0.2) is 42.0 Å². The molecule has 1 amide bonds. The fourth-order valence-corrected chi connectivity index (χ4v) is 3.98. The van der Waals surface area contributed by atoms with E-state index in [2.05, 4.69) is 35.7 Å². The van der Waals surface area contributed by atoms with Crippen LogP contribution in [0.2, 0.25) is 0 Å². The number of aromatic amines is 1. The van der Waals surface area contributed by atoms with Crippen molar-refractivity contribution in [1.82, 2.24) is 29.5 Å². The molecule has 1 aliphatic rings. The molecule has 0 aromatic carbocycles. The number of hydrogen-bond donors (Lipinski definition) is 3. The molecule has 9 heteroatoms. The molecule has 0 saturated heterocycles. The lowest BCUT2D eigenvalue weighted by Crippen LogP contribution is -2.11. The first-order valence-corrected chi connectivity index (χ1v) is 11.0. The maximum atomic E-state index is 12.8. The van der Waals surface area contributed by atoms with E-state index in [1.54, 1.807) is 35.2 Å². The van der Waals surface area contributed by atoms with Crippen LogP contribution < -0.4 is 10.6 Å². The third-order valence-corrected chi connectivity index (χ3v) is 5.96. The summed E-state index contributed by atoms with van der Waals surface area (Å²) < 4.78 is 1.69. The molecule has 0 aliphatic heterocycles. The number of amides is 1. The van der Waals surface area contributed by atoms with Crippen molar-refractivity contribution in [3.63, 3.8) is 0 Å². The van der Waals surface area contributed by atoms with Crippen molar-refractivity contribution in [3.05, 3.63) is 67.0 Å². The standard InChI is InChI=1S/C24H22N8O/c33-23(30-17-2-1-7-25-11-17)20-14-29-32-9-6-16(10-21(20)32)18-12-27-22-19(18)13-28-24(31-22)26-8-5-15-3-4-15/h1-2,6-7,9-15H,3-5,8H2,(H,30,33)(H2,26,27,28,31). The molecule has 9 nitrogen and oxygen atoms in total. The average molecular weight is 438 g/mol. The summed E-state index contributed by atoms with van der Waals surface area (Å²) in [6.45, 7) is 0.894. The van der Waals surface area contributed by atoms with E-state index in [-0.39, 0.29) is 5.91 Å². The van der Waals surface area contributed by atoms with Crippen molar-refractivity contribution in [2.75, 3.05) is 17.2 Å². The Labute approximate surface area is 189 Å². The van der Waals surface area contributed by atoms with Gasteiger partial charge in [-0.05, 0) is 42.2 Å². The lowest BCUT2D eigenvalue weighted by atomic mass is 10.1. The first-order chi connectivity index (χ1) is 16.2. The van der Waals surface area contributed by atoms with Crippen molar-refractivity contribution in [2.45, 2.75) is 19.3 Å². The molecule has 1 fully saturated rings. The minimum atomic E-state index is -0.237. The molecule has 5 heterocycles. The number of carbonyl (C=O) groups is 1. The van der Waals surface area contributed by atoms with Crippen molar-refractivity contribution < 1.29 is 4.79 Å². The number of fused-ring (bicyclic) bond motifs is 2. The van der Waals surface area contributed by atoms with Gasteiger partial charge in [0.05, 0.1) is 29.2 Å². The topological polar surface area (TPSA) is 113 Å². The van der Waals surface area contributed by atoms with E-state index in [0.29, 0.717) is 22.7 Å². The lowest BCUT2D eigenvalue weighted by molar-refractivity contribution is 0.102. The van der Waals surface area contributed by atoms with Crippen LogP contribution in [0.4, 0.5) is 11.6 Å². The second-order valence-electron chi connectivity index (χ2n) is 8.32. The zero-order valence-electron chi connectivity index (χ0n) is 17.8. The number of nitrogens with zero attached hydrogens (tertiary/aromatic N) is 5. The van der Waals surface area contributed by atoms with Gasteiger partial charge in [0.25, 0.3) is 5.91 Å². The van der Waals surface area contributed by atoms with Crippen LogP contribution in [0.1, 0.15) is 29.6 Å². The Kier molecular flexibility index (Phi) is 4.71. The molecule has 5 aromatic rings. The van der Waals surface area contributed by atoms with Gasteiger partial charge >= 0.3 is 0 Å². The normalized spacial score (nSPS) is 13.5. The highest BCUT2D eigenvalue weighted by molar-refractivity contribution is 6.09. The van der Waals surface area contributed by atoms with E-state index in [1.807, 2.05) is 30.7 Å². The Balaban J connectivity index is 1.28. The molecule has 1 saturated carbocycles. The van der Waals surface area contributed by atoms with Crippen molar-refractivity contribution in [3.8, 4) is 11.1 Å². The van der Waals surface area contributed by atoms with Gasteiger partial charge in [-0.25, -0.2) is 9.50 Å². The molecule has 0 unspecified atom stereocenters. The molecule has 5 aromatic heterocycles. The van der Waals surface area contributed by atoms with Crippen LogP contribution in [0.5, 0.6) is 0 Å². The summed E-state index contributed by atoms with van der Waals surface area (Å²) in [5.74, 6) is 1.27. The number of hydrogen-bond acceptors (Lipinski definition) is 6. The fourth-order valence-electron chi connectivity index (χ4n) is 3.98. The largest absolute Gasteiger partial charge is 0.354 e. The van der Waals surface area contributed by atoms with Gasteiger partial charge in [-0.1, -0.05) is 12.8 Å². The van der Waals surface area contributed by atoms with E-state index < -0.39 is 0 Å². The molecular weight excluding hydrogens is 416 g/mol. The summed E-state index contributed by atoms with van der Waals surface area (Å²) in [7, 11) is 0. The van der Waals surface area contributed by atoms with E-state index in [1.165, 1.54) is 19.3 Å². The Morgan fingerprint density at radius 3 is 3.00 bits per heavy atom. The smallest absolute Gasteiger partial charge is 0.259 e. The van der Waals surface area contributed by atoms with Crippen molar-refractivity contribution >= 4 is 34.1 Å². The third kappa shape index (κ3) is 3.89. The van der Waals surface area contributed by atoms with Crippen LogP contribution in [0, 0.1) is 5.92 Å². The number of nitrogens with one attached hydrogen (secondary N) is 3. The van der Waals surface area contributed by atoms with Gasteiger partial charge < -0.3 is 15.6 Å². The maximum Gasteiger partial charge on any atom is 0.259 e. The van der Waals surface area contributed by atoms with Gasteiger partial charge in [0, 0.05) is 42.3 Å². The highest BCUT2D eigenvalue weighted by atomic mass is 16.1. The number of aromatic nitrogens is 6. The highest BCUT2D eigenvalue weighted by Crippen LogP contribution is 2.32. The first-order valence-electron chi connectivity index (χ1n) is 11.0. The number of H-pyrrole nitrogens is 1. The Morgan fingerprint density at radius 2 is 2.15 bits per heavy atom. The summed E-state index contributed by atoms with van der Waals surface area (Å²) in [6.07, 6.45) is 14.3. The van der Waals surface area contributed by atoms with Gasteiger partial charge in [-0.15, -0.1) is 0 Å². The molecule has 0 spiro atoms. The van der Waals surface area contributed by atoms with Crippen molar-refractivity contribution in [2.24, 2.45) is 5.92 Å². The van der Waals surface area contributed by atoms with Crippen LogP contribution in [-0.2, 0) is 0 Å². The number of anilines is 2. The molecule has 3 N–H and O–H groups in total. The maximum absolute atomic E-state index is 12.8. The van der Waals surface area contributed by atoms with Crippen LogP contribution >= 0.6 is 0 Å². The van der Waals surface area contributed by atoms with Gasteiger partial charge in [-0.3, -0.25) is 9.78 Å². The summed E-state index contributed by atoms with van der Waals surface area (Å²) in [6, 6.07) is 7.49. The minimum Gasteiger partial charge on any atom is -0.354 e. The van der Waals surface area contributed by atoms with Gasteiger partial charge in [0.2, 0.25) is 5.95 Å². The molecule has 6 rings (SSSR count). The van der Waals surface area contributed by atoms with Gasteiger partial charge in [0.1, 0.15) is 5.65 Å². The van der Waals surface area contributed by atoms with Gasteiger partial charge in [0.15, 0.2) is 0 Å². The number of carbonyl (C=O) groups excluding carboxylic acids is 1. The predicted molar refractivity (Wildman–Crippen MR) is 126 cm³/mol. The lowest BCUT2D eigenvalue weighted by Gasteiger charge is -2.06. The molecule has 33 heavy (non-hydrogen) atoms. The highest BCUT2D eigenvalue weighted by Gasteiger charge is 2.20. The van der Waals surface area contributed by atoms with E-state index in [0.717, 1.165) is 34.6 Å². The van der Waals surface area contributed by atoms with E-state index in [4.69, 9.17) is 0 Å². The molecule has 164 valence electrons.